The molecular formula is C15H30NO5+. The van der Waals surface area contributed by atoms with Crippen LogP contribution in [0.25, 0.3) is 0 Å². The van der Waals surface area contributed by atoms with E-state index in [2.05, 4.69) is 13.0 Å². The smallest absolute Gasteiger partial charge is 0.359 e. The molecule has 0 aliphatic rings. The van der Waals surface area contributed by atoms with Gasteiger partial charge in [0.1, 0.15) is 13.1 Å². The minimum Gasteiger partial charge on any atom is -0.477 e. The Labute approximate surface area is 127 Å². The van der Waals surface area contributed by atoms with E-state index in [9.17, 15) is 4.79 Å². The number of carboxylic acids is 1. The molecule has 6 heteroatoms. The van der Waals surface area contributed by atoms with Crippen molar-refractivity contribution in [2.45, 2.75) is 32.6 Å². The maximum absolute atomic E-state index is 11.0. The van der Waals surface area contributed by atoms with Gasteiger partial charge in [-0.1, -0.05) is 31.9 Å². The third kappa shape index (κ3) is 10.4. The Kier molecular flexibility index (Phi) is 12.2. The van der Waals surface area contributed by atoms with E-state index in [0.29, 0.717) is 6.61 Å². The molecule has 0 aliphatic carbocycles. The predicted octanol–water partition coefficient (Wildman–Crippen LogP) is 0.983. The average molecular weight is 304 g/mol. The Morgan fingerprint density at radius 3 is 2.33 bits per heavy atom. The Hall–Kier alpha value is -0.950. The van der Waals surface area contributed by atoms with Gasteiger partial charge in [-0.05, 0) is 12.8 Å². The number of aliphatic carboxylic acids is 1. The van der Waals surface area contributed by atoms with Gasteiger partial charge < -0.3 is 20.1 Å². The lowest BCUT2D eigenvalue weighted by atomic mass is 10.2. The normalized spacial score (nSPS) is 12.1. The van der Waals surface area contributed by atoms with E-state index in [1.165, 1.54) is 19.3 Å². The molecule has 0 amide bonds. The molecule has 0 aromatic rings. The van der Waals surface area contributed by atoms with Gasteiger partial charge in [-0.15, -0.1) is 0 Å². The number of rotatable bonds is 14. The van der Waals surface area contributed by atoms with Crippen LogP contribution in [0.4, 0.5) is 0 Å². The Balaban J connectivity index is 4.18. The lowest BCUT2D eigenvalue weighted by molar-refractivity contribution is -0.939. The lowest BCUT2D eigenvalue weighted by Gasteiger charge is -2.35. The van der Waals surface area contributed by atoms with Crippen molar-refractivity contribution in [1.82, 2.24) is 0 Å². The predicted molar refractivity (Wildman–Crippen MR) is 80.8 cm³/mol. The first-order valence-corrected chi connectivity index (χ1v) is 7.61. The van der Waals surface area contributed by atoms with Crippen LogP contribution in [0.3, 0.4) is 0 Å². The second-order valence-corrected chi connectivity index (χ2v) is 5.25. The van der Waals surface area contributed by atoms with Crippen molar-refractivity contribution < 1.29 is 29.3 Å². The van der Waals surface area contributed by atoms with Gasteiger partial charge in [0, 0.05) is 0 Å². The van der Waals surface area contributed by atoms with E-state index < -0.39 is 5.97 Å². The number of nitrogens with zero attached hydrogens (tertiary/aromatic N) is 1. The van der Waals surface area contributed by atoms with Crippen LogP contribution in [0.1, 0.15) is 32.6 Å². The van der Waals surface area contributed by atoms with Crippen molar-refractivity contribution in [3.8, 4) is 0 Å². The van der Waals surface area contributed by atoms with Gasteiger partial charge in [0.15, 0.2) is 13.3 Å². The first-order chi connectivity index (χ1) is 10.1. The number of carbonyl (C=O) groups is 1. The van der Waals surface area contributed by atoms with Gasteiger partial charge in [-0.2, -0.15) is 0 Å². The molecule has 0 fully saturated rings. The maximum Gasteiger partial charge on any atom is 0.359 e. The fraction of sp³-hybridized carbons (Fsp3) is 0.800. The van der Waals surface area contributed by atoms with Crippen LogP contribution in [0.15, 0.2) is 12.2 Å². The van der Waals surface area contributed by atoms with Crippen LogP contribution < -0.4 is 0 Å². The molecule has 0 saturated carbocycles. The summed E-state index contributed by atoms with van der Waals surface area (Å²) in [5, 5.41) is 27.2. The number of aliphatic hydroxyl groups is 2. The Morgan fingerprint density at radius 1 is 1.14 bits per heavy atom. The second-order valence-electron chi connectivity index (χ2n) is 5.25. The van der Waals surface area contributed by atoms with Crippen LogP contribution >= 0.6 is 0 Å². The molecule has 0 heterocycles. The van der Waals surface area contributed by atoms with Crippen molar-refractivity contribution in [2.75, 3.05) is 46.2 Å². The van der Waals surface area contributed by atoms with Gasteiger partial charge in [0.25, 0.3) is 0 Å². The van der Waals surface area contributed by atoms with Gasteiger partial charge in [-0.3, -0.25) is 4.48 Å². The molecule has 0 aromatic heterocycles. The largest absolute Gasteiger partial charge is 0.477 e. The molecule has 124 valence electrons. The quantitative estimate of drug-likeness (QED) is 0.193. The van der Waals surface area contributed by atoms with Crippen LogP contribution in [0.5, 0.6) is 0 Å². The fourth-order valence-electron chi connectivity index (χ4n) is 2.17. The van der Waals surface area contributed by atoms with Crippen LogP contribution in [0, 0.1) is 0 Å². The number of ether oxygens (including phenoxy) is 1. The molecule has 3 N–H and O–H groups in total. The van der Waals surface area contributed by atoms with Crippen molar-refractivity contribution in [1.29, 1.82) is 0 Å². The summed E-state index contributed by atoms with van der Waals surface area (Å²) in [4.78, 5) is 11.0. The average Bonchev–Trinajstić information content (AvgIpc) is 2.41. The van der Waals surface area contributed by atoms with Crippen LogP contribution in [-0.4, -0.2) is 72.0 Å². The number of allylic oxidation sites excluding steroid dienone is 1. The first-order valence-electron chi connectivity index (χ1n) is 7.61. The van der Waals surface area contributed by atoms with Crippen molar-refractivity contribution in [3.63, 3.8) is 0 Å². The minimum atomic E-state index is -0.962. The molecule has 6 nitrogen and oxygen atoms in total. The third-order valence-electron chi connectivity index (χ3n) is 3.34. The number of unbranched alkanes of at least 4 members (excludes halogenated alkanes) is 3. The Bertz CT molecular complexity index is 288. The molecule has 0 saturated heterocycles. The molecular weight excluding hydrogens is 274 g/mol. The number of hydrogen-bond donors (Lipinski definition) is 3. The zero-order valence-corrected chi connectivity index (χ0v) is 13.0. The van der Waals surface area contributed by atoms with E-state index in [1.807, 2.05) is 6.08 Å². The topological polar surface area (TPSA) is 87.0 Å². The summed E-state index contributed by atoms with van der Waals surface area (Å²) < 4.78 is 5.55. The summed E-state index contributed by atoms with van der Waals surface area (Å²) in [5.41, 5.74) is 0. The molecule has 21 heavy (non-hydrogen) atoms. The van der Waals surface area contributed by atoms with E-state index in [-0.39, 0.29) is 44.1 Å². The third-order valence-corrected chi connectivity index (χ3v) is 3.34. The van der Waals surface area contributed by atoms with Gasteiger partial charge in [-0.25, -0.2) is 4.79 Å². The summed E-state index contributed by atoms with van der Waals surface area (Å²) in [6.45, 7) is 2.83. The fourth-order valence-corrected chi connectivity index (χ4v) is 2.17. The highest BCUT2D eigenvalue weighted by Gasteiger charge is 2.29. The molecule has 0 unspecified atom stereocenters. The number of quaternary nitrogens is 1. The highest BCUT2D eigenvalue weighted by molar-refractivity contribution is 5.67. The van der Waals surface area contributed by atoms with Crippen molar-refractivity contribution in [2.24, 2.45) is 0 Å². The Morgan fingerprint density at radius 2 is 1.81 bits per heavy atom. The molecule has 0 bridgehead atoms. The monoisotopic (exact) mass is 304 g/mol. The number of carboxylic acid groups (broad SMARTS) is 1. The summed E-state index contributed by atoms with van der Waals surface area (Å²) >= 11 is 0. The second kappa shape index (κ2) is 12.8. The number of hydrogen-bond acceptors (Lipinski definition) is 4. The van der Waals surface area contributed by atoms with E-state index in [1.54, 1.807) is 0 Å². The summed E-state index contributed by atoms with van der Waals surface area (Å²) in [6, 6.07) is 0. The zero-order valence-electron chi connectivity index (χ0n) is 13.0. The lowest BCUT2D eigenvalue weighted by Crippen LogP contribution is -2.55. The van der Waals surface area contributed by atoms with Crippen molar-refractivity contribution in [3.05, 3.63) is 12.2 Å². The highest BCUT2D eigenvalue weighted by atomic mass is 16.5. The molecule has 0 atom stereocenters. The van der Waals surface area contributed by atoms with Crippen LogP contribution in [-0.2, 0) is 9.53 Å². The summed E-state index contributed by atoms with van der Waals surface area (Å²) in [6.07, 6.45) is 8.61. The van der Waals surface area contributed by atoms with Gasteiger partial charge >= 0.3 is 5.97 Å². The highest BCUT2D eigenvalue weighted by Crippen LogP contribution is 2.07. The summed E-state index contributed by atoms with van der Waals surface area (Å²) in [5.74, 6) is -0.962. The van der Waals surface area contributed by atoms with E-state index >= 15 is 0 Å². The SMILES string of the molecule is CCCCC/C=C/COC[N+](CCO)(CCO)CC(=O)O. The maximum atomic E-state index is 11.0. The zero-order chi connectivity index (χ0) is 16.0. The molecule has 0 aliphatic heterocycles. The molecule has 0 radical (unpaired) electrons. The van der Waals surface area contributed by atoms with Crippen LogP contribution in [0.2, 0.25) is 0 Å². The molecule has 0 spiro atoms. The minimum absolute atomic E-state index is 0.0337. The number of aliphatic hydroxyl groups excluding tert-OH is 2. The van der Waals surface area contributed by atoms with Gasteiger partial charge in [0.05, 0.1) is 19.8 Å². The first kappa shape index (κ1) is 20.1. The van der Waals surface area contributed by atoms with Gasteiger partial charge in [0.2, 0.25) is 0 Å². The van der Waals surface area contributed by atoms with E-state index in [0.717, 1.165) is 6.42 Å². The van der Waals surface area contributed by atoms with E-state index in [4.69, 9.17) is 20.1 Å². The summed E-state index contributed by atoms with van der Waals surface area (Å²) in [7, 11) is 0. The van der Waals surface area contributed by atoms with Crippen molar-refractivity contribution >= 4 is 5.97 Å². The molecule has 0 aromatic carbocycles. The molecule has 0 rings (SSSR count). The standard InChI is InChI=1S/C15H29NO5/c1-2-3-4-5-6-7-12-21-14-16(8-10-17,9-11-18)13-15(19)20/h6-7,17-18H,2-5,8-14H2,1H3/p+1/b7-6+.